The quantitative estimate of drug-likeness (QED) is 0.929. The van der Waals surface area contributed by atoms with Gasteiger partial charge in [0.15, 0.2) is 0 Å². The normalized spacial score (nSPS) is 21.4. The lowest BCUT2D eigenvalue weighted by atomic mass is 10.0. The molecule has 4 rings (SSSR count). The van der Waals surface area contributed by atoms with Gasteiger partial charge >= 0.3 is 6.03 Å². The molecule has 2 fully saturated rings. The molecule has 2 aliphatic rings. The number of urea groups is 1. The number of piperidine rings is 1. The zero-order valence-electron chi connectivity index (χ0n) is 14.6. The first-order valence-electron chi connectivity index (χ1n) is 9.33. The summed E-state index contributed by atoms with van der Waals surface area (Å²) in [5, 5.41) is 3.08. The minimum Gasteiger partial charge on any atom is -0.324 e. The molecule has 0 aliphatic carbocycles. The highest BCUT2D eigenvalue weighted by Crippen LogP contribution is 2.21. The molecule has 3 heterocycles. The molecule has 5 nitrogen and oxygen atoms in total. The van der Waals surface area contributed by atoms with Crippen molar-refractivity contribution >= 4 is 11.7 Å². The summed E-state index contributed by atoms with van der Waals surface area (Å²) < 4.78 is 2.04. The fourth-order valence-corrected chi connectivity index (χ4v) is 4.00. The van der Waals surface area contributed by atoms with Crippen LogP contribution in [0.5, 0.6) is 0 Å². The summed E-state index contributed by atoms with van der Waals surface area (Å²) in [7, 11) is 0. The first-order valence-corrected chi connectivity index (χ1v) is 9.33. The van der Waals surface area contributed by atoms with Crippen molar-refractivity contribution in [3.8, 4) is 5.69 Å². The molecule has 1 atom stereocenters. The van der Waals surface area contributed by atoms with Crippen LogP contribution in [-0.4, -0.2) is 52.6 Å². The molecule has 132 valence electrons. The molecule has 2 aromatic rings. The average molecular weight is 338 g/mol. The lowest BCUT2D eigenvalue weighted by molar-refractivity contribution is 0.132. The first kappa shape index (κ1) is 16.2. The third-order valence-electron chi connectivity index (χ3n) is 5.34. The number of benzene rings is 1. The topological polar surface area (TPSA) is 40.5 Å². The Kier molecular flexibility index (Phi) is 4.74. The van der Waals surface area contributed by atoms with Crippen LogP contribution in [0.4, 0.5) is 10.5 Å². The van der Waals surface area contributed by atoms with E-state index in [1.807, 2.05) is 58.3 Å². The maximum absolute atomic E-state index is 12.7. The second-order valence-corrected chi connectivity index (χ2v) is 7.06. The number of rotatable bonds is 3. The highest BCUT2D eigenvalue weighted by molar-refractivity contribution is 5.89. The fraction of sp³-hybridized carbons (Fsp3) is 0.450. The monoisotopic (exact) mass is 338 g/mol. The van der Waals surface area contributed by atoms with E-state index in [1.165, 1.54) is 32.4 Å². The van der Waals surface area contributed by atoms with Crippen molar-refractivity contribution < 1.29 is 4.79 Å². The first-order chi connectivity index (χ1) is 12.3. The van der Waals surface area contributed by atoms with Crippen molar-refractivity contribution in [1.29, 1.82) is 0 Å². The van der Waals surface area contributed by atoms with Gasteiger partial charge in [-0.25, -0.2) is 4.79 Å². The number of amides is 2. The summed E-state index contributed by atoms with van der Waals surface area (Å²) in [6.45, 7) is 4.09. The lowest BCUT2D eigenvalue weighted by Gasteiger charge is -2.37. The molecule has 2 saturated heterocycles. The Morgan fingerprint density at radius 3 is 2.60 bits per heavy atom. The molecule has 1 aromatic heterocycles. The molecular formula is C20H26N4O. The smallest absolute Gasteiger partial charge is 0.321 e. The Bertz CT molecular complexity index is 706. The van der Waals surface area contributed by atoms with Gasteiger partial charge in [-0.1, -0.05) is 6.07 Å². The predicted octanol–water partition coefficient (Wildman–Crippen LogP) is 3.57. The number of anilines is 1. The zero-order valence-corrected chi connectivity index (χ0v) is 14.6. The van der Waals surface area contributed by atoms with E-state index >= 15 is 0 Å². The highest BCUT2D eigenvalue weighted by atomic mass is 16.2. The maximum Gasteiger partial charge on any atom is 0.321 e. The van der Waals surface area contributed by atoms with Gasteiger partial charge in [-0.15, -0.1) is 0 Å². The van der Waals surface area contributed by atoms with E-state index in [0.717, 1.165) is 30.9 Å². The SMILES string of the molecule is O=C(Nc1cccc(-n2cccc2)c1)N1CCC[C@@H](N2CCCC2)C1. The van der Waals surface area contributed by atoms with Gasteiger partial charge in [0.1, 0.15) is 0 Å². The predicted molar refractivity (Wildman–Crippen MR) is 100 cm³/mol. The van der Waals surface area contributed by atoms with Crippen LogP contribution < -0.4 is 5.32 Å². The Balaban J connectivity index is 1.40. The third kappa shape index (κ3) is 3.71. The van der Waals surface area contributed by atoms with Crippen molar-refractivity contribution in [2.24, 2.45) is 0 Å². The molecule has 25 heavy (non-hydrogen) atoms. The van der Waals surface area contributed by atoms with Crippen LogP contribution in [0.3, 0.4) is 0 Å². The maximum atomic E-state index is 12.7. The average Bonchev–Trinajstić information content (AvgIpc) is 3.36. The van der Waals surface area contributed by atoms with Crippen LogP contribution in [0.2, 0.25) is 0 Å². The summed E-state index contributed by atoms with van der Waals surface area (Å²) >= 11 is 0. The summed E-state index contributed by atoms with van der Waals surface area (Å²) in [4.78, 5) is 17.3. The number of nitrogens with one attached hydrogen (secondary N) is 1. The number of hydrogen-bond donors (Lipinski definition) is 1. The summed E-state index contributed by atoms with van der Waals surface area (Å²) in [6.07, 6.45) is 8.92. The minimum absolute atomic E-state index is 0.0218. The number of carbonyl (C=O) groups excluding carboxylic acids is 1. The minimum atomic E-state index is 0.0218. The van der Waals surface area contributed by atoms with E-state index in [9.17, 15) is 4.79 Å². The molecule has 0 radical (unpaired) electrons. The molecular weight excluding hydrogens is 312 g/mol. The van der Waals surface area contributed by atoms with E-state index in [0.29, 0.717) is 6.04 Å². The largest absolute Gasteiger partial charge is 0.324 e. The number of hydrogen-bond acceptors (Lipinski definition) is 2. The van der Waals surface area contributed by atoms with Gasteiger partial charge in [-0.3, -0.25) is 4.90 Å². The van der Waals surface area contributed by atoms with Gasteiger partial charge in [-0.05, 0) is 69.1 Å². The highest BCUT2D eigenvalue weighted by Gasteiger charge is 2.29. The van der Waals surface area contributed by atoms with Gasteiger partial charge in [0.05, 0.1) is 0 Å². The number of aromatic nitrogens is 1. The lowest BCUT2D eigenvalue weighted by Crippen LogP contribution is -2.50. The number of likely N-dealkylation sites (tertiary alicyclic amines) is 2. The molecule has 2 amide bonds. The van der Waals surface area contributed by atoms with Crippen LogP contribution in [-0.2, 0) is 0 Å². The van der Waals surface area contributed by atoms with Crippen molar-refractivity contribution in [1.82, 2.24) is 14.4 Å². The molecule has 0 saturated carbocycles. The zero-order chi connectivity index (χ0) is 17.1. The summed E-state index contributed by atoms with van der Waals surface area (Å²) in [5.74, 6) is 0. The van der Waals surface area contributed by atoms with Crippen LogP contribution in [0.1, 0.15) is 25.7 Å². The van der Waals surface area contributed by atoms with Crippen LogP contribution in [0, 0.1) is 0 Å². The molecule has 1 N–H and O–H groups in total. The molecule has 0 unspecified atom stereocenters. The Morgan fingerprint density at radius 1 is 1.00 bits per heavy atom. The second kappa shape index (κ2) is 7.31. The van der Waals surface area contributed by atoms with Crippen molar-refractivity contribution in [3.05, 3.63) is 48.8 Å². The van der Waals surface area contributed by atoms with Gasteiger partial charge in [0, 0.05) is 42.9 Å². The molecule has 0 bridgehead atoms. The summed E-state index contributed by atoms with van der Waals surface area (Å²) in [5.41, 5.74) is 1.90. The van der Waals surface area contributed by atoms with E-state index in [4.69, 9.17) is 0 Å². The second-order valence-electron chi connectivity index (χ2n) is 7.06. The number of carbonyl (C=O) groups is 1. The Labute approximate surface area is 149 Å². The van der Waals surface area contributed by atoms with Gasteiger partial charge in [0.25, 0.3) is 0 Å². The van der Waals surface area contributed by atoms with Crippen LogP contribution in [0.15, 0.2) is 48.8 Å². The molecule has 5 heteroatoms. The third-order valence-corrected chi connectivity index (χ3v) is 5.34. The molecule has 2 aliphatic heterocycles. The Hall–Kier alpha value is -2.27. The number of nitrogens with zero attached hydrogens (tertiary/aromatic N) is 3. The van der Waals surface area contributed by atoms with Gasteiger partial charge in [-0.2, -0.15) is 0 Å². The van der Waals surface area contributed by atoms with E-state index < -0.39 is 0 Å². The molecule has 1 aromatic carbocycles. The molecule has 0 spiro atoms. The van der Waals surface area contributed by atoms with Crippen LogP contribution in [0.25, 0.3) is 5.69 Å². The Morgan fingerprint density at radius 2 is 1.80 bits per heavy atom. The van der Waals surface area contributed by atoms with Crippen molar-refractivity contribution in [2.75, 3.05) is 31.5 Å². The van der Waals surface area contributed by atoms with E-state index in [2.05, 4.69) is 10.2 Å². The van der Waals surface area contributed by atoms with Gasteiger partial charge in [0.2, 0.25) is 0 Å². The van der Waals surface area contributed by atoms with Crippen molar-refractivity contribution in [2.45, 2.75) is 31.7 Å². The van der Waals surface area contributed by atoms with Gasteiger partial charge < -0.3 is 14.8 Å². The summed E-state index contributed by atoms with van der Waals surface area (Å²) in [6, 6.07) is 12.5. The fourth-order valence-electron chi connectivity index (χ4n) is 4.00. The van der Waals surface area contributed by atoms with E-state index in [1.54, 1.807) is 0 Å². The van der Waals surface area contributed by atoms with E-state index in [-0.39, 0.29) is 6.03 Å². The van der Waals surface area contributed by atoms with Crippen LogP contribution >= 0.6 is 0 Å². The standard InChI is InChI=1S/C20H26N4O/c25-20(24-14-6-9-19(16-24)23-12-3-4-13-23)21-17-7-5-8-18(15-17)22-10-1-2-11-22/h1-2,5,7-8,10-11,15,19H,3-4,6,9,12-14,16H2,(H,21,25)/t19-/m1/s1. The van der Waals surface area contributed by atoms with Crippen molar-refractivity contribution in [3.63, 3.8) is 0 Å².